The zero-order valence-corrected chi connectivity index (χ0v) is 11.4. The zero-order valence-electron chi connectivity index (χ0n) is 9.00. The van der Waals surface area contributed by atoms with E-state index in [4.69, 9.17) is 0 Å². The molecule has 1 aromatic rings. The second kappa shape index (κ2) is 6.40. The Balaban J connectivity index is 2.40. The minimum atomic E-state index is -0.730. The average Bonchev–Trinajstić information content (AvgIpc) is 2.14. The van der Waals surface area contributed by atoms with Crippen molar-refractivity contribution in [3.63, 3.8) is 0 Å². The smallest absolute Gasteiger partial charge is 0.0383 e. The molecule has 1 N–H and O–H groups in total. The van der Waals surface area contributed by atoms with E-state index in [-0.39, 0.29) is 6.04 Å². The van der Waals surface area contributed by atoms with Crippen LogP contribution in [0.4, 0.5) is 0 Å². The lowest BCUT2D eigenvalue weighted by atomic mass is 10.2. The fourth-order valence-corrected chi connectivity index (χ4v) is 2.62. The molecule has 0 amide bonds. The maximum absolute atomic E-state index is 11.0. The summed E-state index contributed by atoms with van der Waals surface area (Å²) in [6.45, 7) is 2.87. The standard InChI is InChI=1S/C11H16BrNOS/c1-9(8-15(2)14)13-7-10-4-3-5-11(12)6-10/h3-6,9,13H,7-8H2,1-2H3. The van der Waals surface area contributed by atoms with Crippen molar-refractivity contribution >= 4 is 26.7 Å². The van der Waals surface area contributed by atoms with Gasteiger partial charge in [-0.3, -0.25) is 4.21 Å². The first kappa shape index (κ1) is 12.9. The highest BCUT2D eigenvalue weighted by molar-refractivity contribution is 9.10. The van der Waals surface area contributed by atoms with Gasteiger partial charge in [-0.2, -0.15) is 0 Å². The second-order valence-electron chi connectivity index (χ2n) is 3.65. The molecule has 0 spiro atoms. The Kier molecular flexibility index (Phi) is 5.50. The molecule has 0 aliphatic heterocycles. The van der Waals surface area contributed by atoms with Crippen LogP contribution in [-0.2, 0) is 17.3 Å². The molecule has 1 aromatic carbocycles. The molecule has 0 saturated carbocycles. The van der Waals surface area contributed by atoms with E-state index in [1.807, 2.05) is 12.1 Å². The van der Waals surface area contributed by atoms with Crippen LogP contribution in [0.5, 0.6) is 0 Å². The Morgan fingerprint density at radius 2 is 2.27 bits per heavy atom. The van der Waals surface area contributed by atoms with Crippen LogP contribution in [0.2, 0.25) is 0 Å². The van der Waals surface area contributed by atoms with E-state index in [1.165, 1.54) is 5.56 Å². The highest BCUT2D eigenvalue weighted by Gasteiger charge is 2.03. The predicted molar refractivity (Wildman–Crippen MR) is 69.4 cm³/mol. The first-order valence-corrected chi connectivity index (χ1v) is 7.38. The van der Waals surface area contributed by atoms with E-state index in [9.17, 15) is 4.21 Å². The average molecular weight is 290 g/mol. The van der Waals surface area contributed by atoms with Crippen molar-refractivity contribution in [3.05, 3.63) is 34.3 Å². The highest BCUT2D eigenvalue weighted by atomic mass is 79.9. The Morgan fingerprint density at radius 1 is 1.53 bits per heavy atom. The molecule has 2 unspecified atom stereocenters. The van der Waals surface area contributed by atoms with Gasteiger partial charge in [0.15, 0.2) is 0 Å². The largest absolute Gasteiger partial charge is 0.309 e. The molecule has 0 heterocycles. The Morgan fingerprint density at radius 3 is 2.87 bits per heavy atom. The van der Waals surface area contributed by atoms with Crippen LogP contribution in [0.1, 0.15) is 12.5 Å². The molecule has 0 saturated heterocycles. The van der Waals surface area contributed by atoms with Gasteiger partial charge in [0.05, 0.1) is 0 Å². The summed E-state index contributed by atoms with van der Waals surface area (Å²) in [4.78, 5) is 0. The number of nitrogens with one attached hydrogen (secondary N) is 1. The van der Waals surface area contributed by atoms with Gasteiger partial charge in [0.1, 0.15) is 0 Å². The molecule has 2 atom stereocenters. The first-order valence-electron chi connectivity index (χ1n) is 4.86. The van der Waals surface area contributed by atoms with Crippen LogP contribution in [0.25, 0.3) is 0 Å². The third-order valence-electron chi connectivity index (χ3n) is 2.03. The normalized spacial score (nSPS) is 14.9. The topological polar surface area (TPSA) is 29.1 Å². The summed E-state index contributed by atoms with van der Waals surface area (Å²) >= 11 is 3.43. The lowest BCUT2D eigenvalue weighted by molar-refractivity contribution is 0.587. The number of hydrogen-bond donors (Lipinski definition) is 1. The summed E-state index contributed by atoms with van der Waals surface area (Å²) in [5.41, 5.74) is 1.23. The summed E-state index contributed by atoms with van der Waals surface area (Å²) in [6, 6.07) is 8.48. The zero-order chi connectivity index (χ0) is 11.3. The van der Waals surface area contributed by atoms with E-state index in [2.05, 4.69) is 40.3 Å². The molecule has 2 nitrogen and oxygen atoms in total. The van der Waals surface area contributed by atoms with Gasteiger partial charge >= 0.3 is 0 Å². The van der Waals surface area contributed by atoms with E-state index in [1.54, 1.807) is 6.26 Å². The summed E-state index contributed by atoms with van der Waals surface area (Å²) < 4.78 is 12.1. The lowest BCUT2D eigenvalue weighted by Gasteiger charge is -2.12. The molecule has 1 rings (SSSR count). The van der Waals surface area contributed by atoms with Crippen LogP contribution < -0.4 is 5.32 Å². The van der Waals surface area contributed by atoms with Crippen molar-refractivity contribution < 1.29 is 4.21 Å². The van der Waals surface area contributed by atoms with Crippen LogP contribution in [0, 0.1) is 0 Å². The highest BCUT2D eigenvalue weighted by Crippen LogP contribution is 2.11. The fourth-order valence-electron chi connectivity index (χ4n) is 1.35. The molecular weight excluding hydrogens is 274 g/mol. The summed E-state index contributed by atoms with van der Waals surface area (Å²) in [5, 5.41) is 3.34. The van der Waals surface area contributed by atoms with Gasteiger partial charge in [-0.1, -0.05) is 28.1 Å². The molecule has 0 radical (unpaired) electrons. The van der Waals surface area contributed by atoms with Crippen LogP contribution in [0.3, 0.4) is 0 Å². The minimum Gasteiger partial charge on any atom is -0.309 e. The van der Waals surface area contributed by atoms with E-state index < -0.39 is 10.8 Å². The second-order valence-corrected chi connectivity index (χ2v) is 6.05. The summed E-state index contributed by atoms with van der Waals surface area (Å²) in [7, 11) is -0.730. The van der Waals surface area contributed by atoms with Gasteiger partial charge in [0.2, 0.25) is 0 Å². The summed E-state index contributed by atoms with van der Waals surface area (Å²) in [6.07, 6.45) is 1.73. The Labute approximate surface area is 102 Å². The molecule has 84 valence electrons. The van der Waals surface area contributed by atoms with Crippen molar-refractivity contribution in [2.75, 3.05) is 12.0 Å². The predicted octanol–water partition coefficient (Wildman–Crippen LogP) is 2.31. The van der Waals surface area contributed by atoms with Gasteiger partial charge < -0.3 is 5.32 Å². The Bertz CT molecular complexity index is 343. The van der Waals surface area contributed by atoms with Gasteiger partial charge in [0.25, 0.3) is 0 Å². The monoisotopic (exact) mass is 289 g/mol. The van der Waals surface area contributed by atoms with Gasteiger partial charge in [-0.15, -0.1) is 0 Å². The molecular formula is C11H16BrNOS. The molecule has 15 heavy (non-hydrogen) atoms. The van der Waals surface area contributed by atoms with Gasteiger partial charge in [-0.05, 0) is 24.6 Å². The molecule has 0 fully saturated rings. The van der Waals surface area contributed by atoms with Crippen molar-refractivity contribution in [3.8, 4) is 0 Å². The summed E-state index contributed by atoms with van der Waals surface area (Å²) in [5.74, 6) is 0.702. The maximum Gasteiger partial charge on any atom is 0.0383 e. The minimum absolute atomic E-state index is 0.287. The molecule has 4 heteroatoms. The van der Waals surface area contributed by atoms with Gasteiger partial charge in [0, 0.05) is 39.9 Å². The molecule has 0 aromatic heterocycles. The quantitative estimate of drug-likeness (QED) is 0.901. The first-order chi connectivity index (χ1) is 7.08. The maximum atomic E-state index is 11.0. The number of benzene rings is 1. The van der Waals surface area contributed by atoms with Gasteiger partial charge in [-0.25, -0.2) is 0 Å². The van der Waals surface area contributed by atoms with Crippen molar-refractivity contribution in [2.45, 2.75) is 19.5 Å². The van der Waals surface area contributed by atoms with Crippen molar-refractivity contribution in [1.29, 1.82) is 0 Å². The van der Waals surface area contributed by atoms with Crippen LogP contribution in [0.15, 0.2) is 28.7 Å². The number of halogens is 1. The SMILES string of the molecule is CC(CS(C)=O)NCc1cccc(Br)c1. The fraction of sp³-hybridized carbons (Fsp3) is 0.455. The van der Waals surface area contributed by atoms with E-state index in [0.29, 0.717) is 5.75 Å². The molecule has 0 aliphatic rings. The number of hydrogen-bond acceptors (Lipinski definition) is 2. The van der Waals surface area contributed by atoms with Crippen molar-refractivity contribution in [1.82, 2.24) is 5.32 Å². The number of rotatable bonds is 5. The van der Waals surface area contributed by atoms with E-state index >= 15 is 0 Å². The van der Waals surface area contributed by atoms with E-state index in [0.717, 1.165) is 11.0 Å². The lowest BCUT2D eigenvalue weighted by Crippen LogP contribution is -2.30. The van der Waals surface area contributed by atoms with Crippen LogP contribution >= 0.6 is 15.9 Å². The Hall–Kier alpha value is -0.190. The molecule has 0 aliphatic carbocycles. The molecule has 0 bridgehead atoms. The third-order valence-corrected chi connectivity index (χ3v) is 3.49. The third kappa shape index (κ3) is 5.44. The van der Waals surface area contributed by atoms with Crippen LogP contribution in [-0.4, -0.2) is 22.3 Å². The van der Waals surface area contributed by atoms with Crippen molar-refractivity contribution in [2.24, 2.45) is 0 Å².